The van der Waals surface area contributed by atoms with Crippen molar-refractivity contribution in [2.45, 2.75) is 71.1 Å². The second-order valence-corrected chi connectivity index (χ2v) is 12.7. The number of hydrogen-bond acceptors (Lipinski definition) is 4. The summed E-state index contributed by atoms with van der Waals surface area (Å²) in [6.07, 6.45) is 2.13. The summed E-state index contributed by atoms with van der Waals surface area (Å²) in [6.45, 7) is 8.20. The molecule has 2 bridgehead atoms. The van der Waals surface area contributed by atoms with Crippen molar-refractivity contribution in [3.05, 3.63) is 105 Å². The molecule has 2 amide bonds. The summed E-state index contributed by atoms with van der Waals surface area (Å²) in [6, 6.07) is 19.5. The molecular weight excluding hydrogens is 574 g/mol. The fourth-order valence-electron chi connectivity index (χ4n) is 6.64. The highest BCUT2D eigenvalue weighted by Gasteiger charge is 2.46. The van der Waals surface area contributed by atoms with Gasteiger partial charge in [-0.3, -0.25) is 9.69 Å². The van der Waals surface area contributed by atoms with Crippen LogP contribution in [0, 0.1) is 20.8 Å². The minimum Gasteiger partial charge on any atom is -0.493 e. The number of nitrogens with zero attached hydrogens (tertiary/aromatic N) is 2. The Morgan fingerprint density at radius 2 is 1.73 bits per heavy atom. The number of carbonyl (C=O) groups excluding carboxylic acids is 1. The lowest BCUT2D eigenvalue weighted by Crippen LogP contribution is -2.63. The summed E-state index contributed by atoms with van der Waals surface area (Å²) in [5.74, 6) is 0.861. The van der Waals surface area contributed by atoms with Gasteiger partial charge in [0.05, 0.1) is 18.7 Å². The van der Waals surface area contributed by atoms with Crippen LogP contribution in [-0.4, -0.2) is 64.7 Å². The van der Waals surface area contributed by atoms with E-state index in [4.69, 9.17) is 16.3 Å². The van der Waals surface area contributed by atoms with E-state index in [1.54, 1.807) is 0 Å². The minimum atomic E-state index is -0.982. The monoisotopic (exact) mass is 613 g/mol. The summed E-state index contributed by atoms with van der Waals surface area (Å²) in [5.41, 5.74) is 8.06. The average Bonchev–Trinajstić information content (AvgIpc) is 3.85. The van der Waals surface area contributed by atoms with E-state index in [-0.39, 0.29) is 18.0 Å². The Bertz CT molecular complexity index is 1600. The molecule has 1 saturated heterocycles. The molecule has 1 aliphatic carbocycles. The summed E-state index contributed by atoms with van der Waals surface area (Å²) in [4.78, 5) is 30.4. The number of fused-ring (bicyclic) bond motifs is 2. The molecule has 44 heavy (non-hydrogen) atoms. The number of carboxylic acid groups (broad SMARTS) is 1. The van der Waals surface area contributed by atoms with Gasteiger partial charge in [0.25, 0.3) is 5.91 Å². The van der Waals surface area contributed by atoms with Crippen molar-refractivity contribution in [1.82, 2.24) is 15.1 Å². The van der Waals surface area contributed by atoms with Gasteiger partial charge in [0.2, 0.25) is 0 Å². The Morgan fingerprint density at radius 1 is 1.00 bits per heavy atom. The molecule has 230 valence electrons. The smallest absolute Gasteiger partial charge is 0.408 e. The van der Waals surface area contributed by atoms with Crippen molar-refractivity contribution in [2.24, 2.45) is 0 Å². The van der Waals surface area contributed by atoms with Crippen molar-refractivity contribution < 1.29 is 19.4 Å². The molecule has 7 nitrogen and oxygen atoms in total. The van der Waals surface area contributed by atoms with Crippen molar-refractivity contribution in [2.75, 3.05) is 19.7 Å². The van der Waals surface area contributed by atoms with E-state index in [2.05, 4.69) is 62.5 Å². The molecule has 3 aromatic carbocycles. The second kappa shape index (κ2) is 12.7. The number of rotatable bonds is 9. The highest BCUT2D eigenvalue weighted by atomic mass is 35.5. The van der Waals surface area contributed by atoms with Crippen molar-refractivity contribution >= 4 is 29.2 Å². The van der Waals surface area contributed by atoms with Gasteiger partial charge in [0.1, 0.15) is 5.75 Å². The third-order valence-corrected chi connectivity index (χ3v) is 9.73. The van der Waals surface area contributed by atoms with Crippen LogP contribution in [0.1, 0.15) is 52.6 Å². The van der Waals surface area contributed by atoms with Crippen LogP contribution in [-0.2, 0) is 17.8 Å². The molecule has 2 atom stereocenters. The number of aryl methyl sites for hydroxylation is 2. The number of benzene rings is 3. The van der Waals surface area contributed by atoms with Gasteiger partial charge in [-0.25, -0.2) is 4.79 Å². The number of piperazine rings is 1. The first kappa shape index (κ1) is 30.2. The van der Waals surface area contributed by atoms with Gasteiger partial charge in [-0.05, 0) is 85.1 Å². The number of hydrogen-bond donors (Lipinski definition) is 2. The fourth-order valence-corrected chi connectivity index (χ4v) is 6.84. The molecule has 0 spiro atoms. The zero-order valence-electron chi connectivity index (χ0n) is 25.6. The standard InChI is InChI=1S/C36H40ClN3O4/c1-22-8-9-23(2)34(24(22)3)44-17-16-25-10-12-26(13-11-25)30-18-29-19-38-20-32(40(29)36(42)43)33(30)35(41)39(28-14-15-28)21-27-6-4-5-7-31(27)37/h4-13,28-29,32,38H,14-21H2,1-3H3,(H,42,43)/t29-,32-/m1/s1. The van der Waals surface area contributed by atoms with E-state index in [0.717, 1.165) is 52.8 Å². The topological polar surface area (TPSA) is 82.1 Å². The Kier molecular flexibility index (Phi) is 8.70. The van der Waals surface area contributed by atoms with Gasteiger partial charge >= 0.3 is 6.09 Å². The third kappa shape index (κ3) is 6.08. The predicted octanol–water partition coefficient (Wildman–Crippen LogP) is 6.56. The first-order valence-electron chi connectivity index (χ1n) is 15.5. The number of halogens is 1. The number of ether oxygens (including phenoxy) is 1. The van der Waals surface area contributed by atoms with Crippen molar-refractivity contribution in [1.29, 1.82) is 0 Å². The highest BCUT2D eigenvalue weighted by Crippen LogP contribution is 2.40. The molecule has 2 N–H and O–H groups in total. The summed E-state index contributed by atoms with van der Waals surface area (Å²) in [7, 11) is 0. The first-order chi connectivity index (χ1) is 21.2. The lowest BCUT2D eigenvalue weighted by Gasteiger charge is -2.47. The predicted molar refractivity (Wildman–Crippen MR) is 173 cm³/mol. The third-order valence-electron chi connectivity index (χ3n) is 9.36. The van der Waals surface area contributed by atoms with Crippen molar-refractivity contribution in [3.63, 3.8) is 0 Å². The zero-order chi connectivity index (χ0) is 31.0. The maximum Gasteiger partial charge on any atom is 0.408 e. The minimum absolute atomic E-state index is 0.0952. The van der Waals surface area contributed by atoms with E-state index in [9.17, 15) is 14.7 Å². The van der Waals surface area contributed by atoms with Crippen LogP contribution in [0.4, 0.5) is 4.79 Å². The van der Waals surface area contributed by atoms with E-state index >= 15 is 0 Å². The van der Waals surface area contributed by atoms with Crippen LogP contribution in [0.3, 0.4) is 0 Å². The van der Waals surface area contributed by atoms with E-state index in [1.807, 2.05) is 29.2 Å². The molecule has 3 aromatic rings. The first-order valence-corrected chi connectivity index (χ1v) is 15.9. The largest absolute Gasteiger partial charge is 0.493 e. The number of carbonyl (C=O) groups is 2. The molecule has 8 heteroatoms. The number of nitrogens with one attached hydrogen (secondary N) is 1. The lowest BCUT2D eigenvalue weighted by molar-refractivity contribution is -0.129. The average molecular weight is 614 g/mol. The van der Waals surface area contributed by atoms with E-state index < -0.39 is 12.1 Å². The summed E-state index contributed by atoms with van der Waals surface area (Å²) < 4.78 is 6.21. The van der Waals surface area contributed by atoms with Gasteiger partial charge in [0, 0.05) is 42.7 Å². The lowest BCUT2D eigenvalue weighted by atomic mass is 9.81. The van der Waals surface area contributed by atoms with Gasteiger partial charge in [-0.1, -0.05) is 66.2 Å². The Labute approximate surface area is 264 Å². The molecule has 0 unspecified atom stereocenters. The second-order valence-electron chi connectivity index (χ2n) is 12.3. The molecule has 3 aliphatic rings. The Hall–Kier alpha value is -3.81. The Balaban J connectivity index is 1.29. The maximum atomic E-state index is 14.5. The van der Waals surface area contributed by atoms with Gasteiger partial charge in [-0.15, -0.1) is 0 Å². The van der Waals surface area contributed by atoms with Gasteiger partial charge in [-0.2, -0.15) is 0 Å². The van der Waals surface area contributed by atoms with E-state index in [0.29, 0.717) is 43.3 Å². The fraction of sp³-hybridized carbons (Fsp3) is 0.389. The number of amides is 2. The molecular formula is C36H40ClN3O4. The molecule has 2 heterocycles. The molecule has 2 fully saturated rings. The molecule has 0 aromatic heterocycles. The Morgan fingerprint density at radius 3 is 2.43 bits per heavy atom. The van der Waals surface area contributed by atoms with Crippen LogP contribution in [0.25, 0.3) is 5.57 Å². The molecule has 0 radical (unpaired) electrons. The van der Waals surface area contributed by atoms with Gasteiger partial charge in [0.15, 0.2) is 0 Å². The maximum absolute atomic E-state index is 14.5. The van der Waals surface area contributed by atoms with E-state index in [1.165, 1.54) is 16.0 Å². The molecule has 6 rings (SSSR count). The van der Waals surface area contributed by atoms with Crippen LogP contribution in [0.15, 0.2) is 66.2 Å². The highest BCUT2D eigenvalue weighted by molar-refractivity contribution is 6.31. The van der Waals surface area contributed by atoms with Crippen molar-refractivity contribution in [3.8, 4) is 5.75 Å². The molecule has 2 aliphatic heterocycles. The summed E-state index contributed by atoms with van der Waals surface area (Å²) >= 11 is 6.51. The molecule has 1 saturated carbocycles. The van der Waals surface area contributed by atoms with Gasteiger partial charge < -0.3 is 20.1 Å². The van der Waals surface area contributed by atoms with Crippen LogP contribution in [0.2, 0.25) is 5.02 Å². The zero-order valence-corrected chi connectivity index (χ0v) is 26.4. The quantitative estimate of drug-likeness (QED) is 0.286. The van der Waals surface area contributed by atoms with Crippen LogP contribution >= 0.6 is 11.6 Å². The normalized spacial score (nSPS) is 19.6. The SMILES string of the molecule is Cc1ccc(C)c(OCCc2ccc(C3=C(C(=O)N(Cc4ccccc4Cl)C4CC4)[C@H]4CNC[C@@H](C3)N4C(=O)O)cc2)c1C. The van der Waals surface area contributed by atoms with Crippen LogP contribution in [0.5, 0.6) is 5.75 Å². The van der Waals surface area contributed by atoms with Crippen LogP contribution < -0.4 is 10.1 Å². The summed E-state index contributed by atoms with van der Waals surface area (Å²) in [5, 5.41) is 14.2.